The molecule has 1 aromatic carbocycles. The lowest BCUT2D eigenvalue weighted by atomic mass is 10.0. The maximum atomic E-state index is 12.5. The molecule has 0 heterocycles. The fraction of sp³-hybridized carbons (Fsp3) is 0.647. The minimum Gasteiger partial charge on any atom is -0.310 e. The topological polar surface area (TPSA) is 12.0 Å². The standard InChI is InChI=1S/C17H24F3N/c1-11(21-10-14-15(2,3)16(14,4)5)12-6-8-13(9-7-12)17(18,19)20/h6-9,11,14,21H,10H2,1-5H3. The van der Waals surface area contributed by atoms with E-state index < -0.39 is 11.7 Å². The Labute approximate surface area is 124 Å². The van der Waals surface area contributed by atoms with Gasteiger partial charge < -0.3 is 5.32 Å². The van der Waals surface area contributed by atoms with Gasteiger partial charge in [-0.3, -0.25) is 0 Å². The molecular formula is C17H24F3N. The molecule has 1 aliphatic carbocycles. The van der Waals surface area contributed by atoms with E-state index in [-0.39, 0.29) is 6.04 Å². The van der Waals surface area contributed by atoms with Crippen LogP contribution >= 0.6 is 0 Å². The Balaban J connectivity index is 1.94. The number of rotatable bonds is 4. The van der Waals surface area contributed by atoms with Gasteiger partial charge in [0.2, 0.25) is 0 Å². The van der Waals surface area contributed by atoms with Gasteiger partial charge in [0.05, 0.1) is 5.56 Å². The molecule has 4 heteroatoms. The lowest BCUT2D eigenvalue weighted by Gasteiger charge is -2.16. The summed E-state index contributed by atoms with van der Waals surface area (Å²) in [5.74, 6) is 0.599. The first-order chi connectivity index (χ1) is 9.48. The Morgan fingerprint density at radius 2 is 1.52 bits per heavy atom. The largest absolute Gasteiger partial charge is 0.416 e. The first kappa shape index (κ1) is 16.3. The molecule has 0 bridgehead atoms. The Morgan fingerprint density at radius 1 is 1.05 bits per heavy atom. The van der Waals surface area contributed by atoms with Crippen LogP contribution in [0.15, 0.2) is 24.3 Å². The van der Waals surface area contributed by atoms with Gasteiger partial charge in [0.15, 0.2) is 0 Å². The minimum atomic E-state index is -4.27. The van der Waals surface area contributed by atoms with Crippen LogP contribution in [-0.4, -0.2) is 6.54 Å². The third kappa shape index (κ3) is 2.96. The second-order valence-electron chi connectivity index (χ2n) is 7.25. The Morgan fingerprint density at radius 3 is 1.90 bits per heavy atom. The number of nitrogens with one attached hydrogen (secondary N) is 1. The molecule has 1 fully saturated rings. The van der Waals surface area contributed by atoms with Gasteiger partial charge in [-0.25, -0.2) is 0 Å². The highest BCUT2D eigenvalue weighted by Gasteiger charge is 2.63. The van der Waals surface area contributed by atoms with Gasteiger partial charge in [-0.05, 0) is 47.9 Å². The summed E-state index contributed by atoms with van der Waals surface area (Å²) in [6, 6.07) is 5.48. The fourth-order valence-corrected chi connectivity index (χ4v) is 3.22. The summed E-state index contributed by atoms with van der Waals surface area (Å²) < 4.78 is 37.6. The molecular weight excluding hydrogens is 275 g/mol. The van der Waals surface area contributed by atoms with E-state index in [1.54, 1.807) is 12.1 Å². The van der Waals surface area contributed by atoms with Crippen LogP contribution in [0.25, 0.3) is 0 Å². The van der Waals surface area contributed by atoms with E-state index in [1.165, 1.54) is 0 Å². The molecule has 1 unspecified atom stereocenters. The summed E-state index contributed by atoms with van der Waals surface area (Å²) >= 11 is 0. The highest BCUT2D eigenvalue weighted by molar-refractivity contribution is 5.26. The van der Waals surface area contributed by atoms with Crippen molar-refractivity contribution in [2.24, 2.45) is 16.7 Å². The smallest absolute Gasteiger partial charge is 0.310 e. The van der Waals surface area contributed by atoms with Crippen LogP contribution in [0.5, 0.6) is 0 Å². The van der Waals surface area contributed by atoms with Crippen molar-refractivity contribution in [3.05, 3.63) is 35.4 Å². The lowest BCUT2D eigenvalue weighted by Crippen LogP contribution is -2.23. The van der Waals surface area contributed by atoms with E-state index in [2.05, 4.69) is 33.0 Å². The lowest BCUT2D eigenvalue weighted by molar-refractivity contribution is -0.137. The van der Waals surface area contributed by atoms with E-state index in [9.17, 15) is 13.2 Å². The molecule has 1 aromatic rings. The monoisotopic (exact) mass is 299 g/mol. The average molecular weight is 299 g/mol. The predicted octanol–water partition coefficient (Wildman–Crippen LogP) is 5.04. The SMILES string of the molecule is CC(NCC1C(C)(C)C1(C)C)c1ccc(C(F)(F)F)cc1. The normalized spacial score (nSPS) is 22.1. The molecule has 0 aromatic heterocycles. The molecule has 2 rings (SSSR count). The summed E-state index contributed by atoms with van der Waals surface area (Å²) in [7, 11) is 0. The van der Waals surface area contributed by atoms with Gasteiger partial charge in [0.25, 0.3) is 0 Å². The minimum absolute atomic E-state index is 0.0551. The van der Waals surface area contributed by atoms with Crippen molar-refractivity contribution in [3.8, 4) is 0 Å². The van der Waals surface area contributed by atoms with E-state index in [4.69, 9.17) is 0 Å². The van der Waals surface area contributed by atoms with Gasteiger partial charge in [0.1, 0.15) is 0 Å². The van der Waals surface area contributed by atoms with E-state index in [1.807, 2.05) is 6.92 Å². The van der Waals surface area contributed by atoms with Crippen molar-refractivity contribution in [2.45, 2.75) is 46.8 Å². The van der Waals surface area contributed by atoms with Crippen molar-refractivity contribution < 1.29 is 13.2 Å². The molecule has 0 aliphatic heterocycles. The van der Waals surface area contributed by atoms with Gasteiger partial charge in [-0.1, -0.05) is 39.8 Å². The maximum Gasteiger partial charge on any atom is 0.416 e. The van der Waals surface area contributed by atoms with Crippen molar-refractivity contribution >= 4 is 0 Å². The molecule has 1 nitrogen and oxygen atoms in total. The molecule has 0 radical (unpaired) electrons. The molecule has 0 spiro atoms. The van der Waals surface area contributed by atoms with Crippen LogP contribution in [0.4, 0.5) is 13.2 Å². The molecule has 118 valence electrons. The number of hydrogen-bond donors (Lipinski definition) is 1. The van der Waals surface area contributed by atoms with E-state index in [0.29, 0.717) is 16.7 Å². The van der Waals surface area contributed by atoms with Crippen LogP contribution in [0.3, 0.4) is 0 Å². The first-order valence-corrected chi connectivity index (χ1v) is 7.38. The van der Waals surface area contributed by atoms with Crippen molar-refractivity contribution in [3.63, 3.8) is 0 Å². The van der Waals surface area contributed by atoms with Crippen LogP contribution in [0, 0.1) is 16.7 Å². The molecule has 1 atom stereocenters. The van der Waals surface area contributed by atoms with Crippen LogP contribution in [-0.2, 0) is 6.18 Å². The molecule has 21 heavy (non-hydrogen) atoms. The van der Waals surface area contributed by atoms with Crippen LogP contribution in [0.1, 0.15) is 51.8 Å². The van der Waals surface area contributed by atoms with Gasteiger partial charge in [0, 0.05) is 6.04 Å². The molecule has 1 saturated carbocycles. The number of alkyl halides is 3. The quantitative estimate of drug-likeness (QED) is 0.821. The molecule has 0 amide bonds. The summed E-state index contributed by atoms with van der Waals surface area (Å²) in [6.45, 7) is 11.9. The fourth-order valence-electron chi connectivity index (χ4n) is 3.22. The van der Waals surface area contributed by atoms with E-state index in [0.717, 1.165) is 24.2 Å². The summed E-state index contributed by atoms with van der Waals surface area (Å²) in [6.07, 6.45) is -4.27. The summed E-state index contributed by atoms with van der Waals surface area (Å²) in [5, 5.41) is 3.45. The maximum absolute atomic E-state index is 12.5. The Hall–Kier alpha value is -1.03. The van der Waals surface area contributed by atoms with Crippen LogP contribution < -0.4 is 5.32 Å². The third-order valence-corrected chi connectivity index (χ3v) is 5.69. The molecule has 1 aliphatic rings. The van der Waals surface area contributed by atoms with Crippen molar-refractivity contribution in [1.82, 2.24) is 5.32 Å². The second kappa shape index (κ2) is 5.01. The van der Waals surface area contributed by atoms with Gasteiger partial charge >= 0.3 is 6.18 Å². The third-order valence-electron chi connectivity index (χ3n) is 5.69. The highest BCUT2D eigenvalue weighted by atomic mass is 19.4. The first-order valence-electron chi connectivity index (χ1n) is 7.38. The Kier molecular flexibility index (Phi) is 3.90. The van der Waals surface area contributed by atoms with Crippen LogP contribution in [0.2, 0.25) is 0 Å². The zero-order valence-electron chi connectivity index (χ0n) is 13.3. The van der Waals surface area contributed by atoms with Crippen molar-refractivity contribution in [1.29, 1.82) is 0 Å². The number of hydrogen-bond acceptors (Lipinski definition) is 1. The zero-order chi connectivity index (χ0) is 16.1. The highest BCUT2D eigenvalue weighted by Crippen LogP contribution is 2.68. The van der Waals surface area contributed by atoms with E-state index >= 15 is 0 Å². The molecule has 1 N–H and O–H groups in total. The second-order valence-corrected chi connectivity index (χ2v) is 7.25. The zero-order valence-corrected chi connectivity index (χ0v) is 13.3. The average Bonchev–Trinajstić information content (AvgIpc) is 2.76. The summed E-state index contributed by atoms with van der Waals surface area (Å²) in [4.78, 5) is 0. The molecule has 0 saturated heterocycles. The number of benzene rings is 1. The summed E-state index contributed by atoms with van der Waals surface area (Å²) in [5.41, 5.74) is 0.932. The van der Waals surface area contributed by atoms with Crippen molar-refractivity contribution in [2.75, 3.05) is 6.54 Å². The van der Waals surface area contributed by atoms with Gasteiger partial charge in [-0.2, -0.15) is 13.2 Å². The predicted molar refractivity (Wildman–Crippen MR) is 78.9 cm³/mol. The van der Waals surface area contributed by atoms with Gasteiger partial charge in [-0.15, -0.1) is 0 Å². The number of halogens is 3. The Bertz CT molecular complexity index is 486.